The van der Waals surface area contributed by atoms with Crippen LogP contribution in [0.1, 0.15) is 12.5 Å². The third-order valence-electron chi connectivity index (χ3n) is 1.62. The molecule has 0 aliphatic heterocycles. The number of nitrogens with two attached hydrogens (primary N) is 1. The molecule has 1 rings (SSSR count). The molecule has 0 saturated carbocycles. The average Bonchev–Trinajstić information content (AvgIpc) is 2.08. The van der Waals surface area contributed by atoms with Crippen molar-refractivity contribution in [1.29, 1.82) is 0 Å². The van der Waals surface area contributed by atoms with E-state index in [0.717, 1.165) is 12.0 Å². The highest BCUT2D eigenvalue weighted by atomic mass is 19.1. The zero-order valence-corrected chi connectivity index (χ0v) is 7.21. The van der Waals surface area contributed by atoms with Gasteiger partial charge in [0.2, 0.25) is 0 Å². The molecule has 0 aliphatic carbocycles. The highest BCUT2D eigenvalue weighted by molar-refractivity contribution is 5.68. The first-order valence-electron chi connectivity index (χ1n) is 3.89. The second kappa shape index (κ2) is 3.89. The van der Waals surface area contributed by atoms with Crippen LogP contribution in [0.5, 0.6) is 5.75 Å². The summed E-state index contributed by atoms with van der Waals surface area (Å²) in [6.07, 6.45) is -0.281. The molecule has 0 heterocycles. The van der Waals surface area contributed by atoms with Crippen molar-refractivity contribution in [3.8, 4) is 5.75 Å². The van der Waals surface area contributed by atoms with Crippen LogP contribution in [0.4, 0.5) is 9.18 Å². The highest BCUT2D eigenvalue weighted by Crippen LogP contribution is 2.18. The molecule has 0 radical (unpaired) electrons. The number of ether oxygens (including phenoxy) is 1. The van der Waals surface area contributed by atoms with Gasteiger partial charge in [0, 0.05) is 0 Å². The number of hydrogen-bond donors (Lipinski definition) is 1. The predicted octanol–water partition coefficient (Wildman–Crippen LogP) is 1.85. The number of halogens is 1. The van der Waals surface area contributed by atoms with E-state index in [2.05, 4.69) is 4.74 Å². The van der Waals surface area contributed by atoms with Gasteiger partial charge < -0.3 is 10.5 Å². The molecule has 4 heteroatoms. The minimum absolute atomic E-state index is 0.135. The number of rotatable bonds is 2. The largest absolute Gasteiger partial charge is 0.410 e. The number of primary amides is 1. The van der Waals surface area contributed by atoms with Crippen molar-refractivity contribution < 1.29 is 13.9 Å². The number of hydrogen-bond acceptors (Lipinski definition) is 2. The summed E-state index contributed by atoms with van der Waals surface area (Å²) in [5.41, 5.74) is 5.58. The molecular formula is C9H10FNO2. The van der Waals surface area contributed by atoms with E-state index >= 15 is 0 Å². The lowest BCUT2D eigenvalue weighted by Gasteiger charge is -2.03. The van der Waals surface area contributed by atoms with Crippen LogP contribution < -0.4 is 10.5 Å². The summed E-state index contributed by atoms with van der Waals surface area (Å²) >= 11 is 0. The Bertz CT molecular complexity index is 325. The Morgan fingerprint density at radius 3 is 2.77 bits per heavy atom. The van der Waals surface area contributed by atoms with E-state index in [9.17, 15) is 9.18 Å². The van der Waals surface area contributed by atoms with E-state index in [-0.39, 0.29) is 5.75 Å². The second-order valence-electron chi connectivity index (χ2n) is 2.54. The Morgan fingerprint density at radius 1 is 1.62 bits per heavy atom. The van der Waals surface area contributed by atoms with Crippen LogP contribution in [0, 0.1) is 5.82 Å². The zero-order chi connectivity index (χ0) is 9.84. The first kappa shape index (κ1) is 9.51. The van der Waals surface area contributed by atoms with Crippen molar-refractivity contribution in [2.45, 2.75) is 13.3 Å². The molecule has 1 aromatic rings. The van der Waals surface area contributed by atoms with Gasteiger partial charge in [-0.1, -0.05) is 13.0 Å². The number of carbonyl (C=O) groups is 1. The fourth-order valence-electron chi connectivity index (χ4n) is 0.955. The van der Waals surface area contributed by atoms with Gasteiger partial charge in [-0.05, 0) is 24.1 Å². The van der Waals surface area contributed by atoms with E-state index in [4.69, 9.17) is 5.73 Å². The molecule has 0 bridgehead atoms. The summed E-state index contributed by atoms with van der Waals surface area (Å²) in [4.78, 5) is 10.3. The molecule has 0 atom stereocenters. The summed E-state index contributed by atoms with van der Waals surface area (Å²) in [6.45, 7) is 1.91. The van der Waals surface area contributed by atoms with Gasteiger partial charge in [0.25, 0.3) is 0 Å². The lowest BCUT2D eigenvalue weighted by Crippen LogP contribution is -2.16. The Morgan fingerprint density at radius 2 is 2.31 bits per heavy atom. The summed E-state index contributed by atoms with van der Waals surface area (Å²) in [6, 6.07) is 4.39. The summed E-state index contributed by atoms with van der Waals surface area (Å²) < 4.78 is 17.5. The van der Waals surface area contributed by atoms with Gasteiger partial charge >= 0.3 is 6.09 Å². The van der Waals surface area contributed by atoms with Gasteiger partial charge in [0.05, 0.1) is 0 Å². The first-order valence-corrected chi connectivity index (χ1v) is 3.89. The minimum Gasteiger partial charge on any atom is -0.407 e. The maximum absolute atomic E-state index is 13.1. The fraction of sp³-hybridized carbons (Fsp3) is 0.222. The maximum Gasteiger partial charge on any atom is 0.410 e. The van der Waals surface area contributed by atoms with Crippen LogP contribution in [0.25, 0.3) is 0 Å². The van der Waals surface area contributed by atoms with Crippen LogP contribution in [-0.4, -0.2) is 6.09 Å². The molecule has 70 valence electrons. The molecule has 3 nitrogen and oxygen atoms in total. The molecule has 2 N–H and O–H groups in total. The molecule has 0 unspecified atom stereocenters. The van der Waals surface area contributed by atoms with Crippen LogP contribution >= 0.6 is 0 Å². The van der Waals surface area contributed by atoms with Crippen LogP contribution in [0.15, 0.2) is 18.2 Å². The standard InChI is InChI=1S/C9H10FNO2/c1-2-6-3-4-8(7(10)5-6)13-9(11)12/h3-5H,2H2,1H3,(H2,11,12). The lowest BCUT2D eigenvalue weighted by atomic mass is 10.1. The third-order valence-corrected chi connectivity index (χ3v) is 1.62. The summed E-state index contributed by atoms with van der Waals surface area (Å²) in [7, 11) is 0. The van der Waals surface area contributed by atoms with Crippen molar-refractivity contribution in [3.63, 3.8) is 0 Å². The molecule has 0 saturated heterocycles. The molecule has 0 aliphatic rings. The van der Waals surface area contributed by atoms with Gasteiger partial charge in [-0.25, -0.2) is 9.18 Å². The minimum atomic E-state index is -1.01. The van der Waals surface area contributed by atoms with Gasteiger partial charge in [0.15, 0.2) is 11.6 Å². The van der Waals surface area contributed by atoms with Gasteiger partial charge in [-0.15, -0.1) is 0 Å². The SMILES string of the molecule is CCc1ccc(OC(N)=O)c(F)c1. The maximum atomic E-state index is 13.1. The Balaban J connectivity index is 2.91. The molecule has 0 fully saturated rings. The second-order valence-corrected chi connectivity index (χ2v) is 2.54. The number of aryl methyl sites for hydroxylation is 1. The quantitative estimate of drug-likeness (QED) is 0.760. The van der Waals surface area contributed by atoms with E-state index in [1.54, 1.807) is 6.07 Å². The molecule has 1 aromatic carbocycles. The van der Waals surface area contributed by atoms with Gasteiger partial charge in [0.1, 0.15) is 0 Å². The van der Waals surface area contributed by atoms with Crippen LogP contribution in [-0.2, 0) is 6.42 Å². The number of benzene rings is 1. The van der Waals surface area contributed by atoms with Gasteiger partial charge in [-0.2, -0.15) is 0 Å². The Labute approximate surface area is 75.3 Å². The van der Waals surface area contributed by atoms with Crippen molar-refractivity contribution in [2.75, 3.05) is 0 Å². The number of amides is 1. The van der Waals surface area contributed by atoms with Crippen molar-refractivity contribution >= 4 is 6.09 Å². The zero-order valence-electron chi connectivity index (χ0n) is 7.21. The first-order chi connectivity index (χ1) is 6.13. The van der Waals surface area contributed by atoms with Crippen LogP contribution in [0.2, 0.25) is 0 Å². The average molecular weight is 183 g/mol. The van der Waals surface area contributed by atoms with Crippen molar-refractivity contribution in [1.82, 2.24) is 0 Å². The van der Waals surface area contributed by atoms with Gasteiger partial charge in [-0.3, -0.25) is 0 Å². The fourth-order valence-corrected chi connectivity index (χ4v) is 0.955. The van der Waals surface area contributed by atoms with E-state index in [1.807, 2.05) is 6.92 Å². The van der Waals surface area contributed by atoms with Crippen molar-refractivity contribution in [2.24, 2.45) is 5.73 Å². The predicted molar refractivity (Wildman–Crippen MR) is 46.0 cm³/mol. The summed E-state index contributed by atoms with van der Waals surface area (Å²) in [5.74, 6) is -0.706. The number of carbonyl (C=O) groups excluding carboxylic acids is 1. The van der Waals surface area contributed by atoms with E-state index < -0.39 is 11.9 Å². The smallest absolute Gasteiger partial charge is 0.407 e. The molecule has 0 aromatic heterocycles. The normalized spacial score (nSPS) is 9.69. The van der Waals surface area contributed by atoms with E-state index in [0.29, 0.717) is 0 Å². The topological polar surface area (TPSA) is 52.3 Å². The van der Waals surface area contributed by atoms with Crippen LogP contribution in [0.3, 0.4) is 0 Å². The highest BCUT2D eigenvalue weighted by Gasteiger charge is 2.06. The molecule has 0 spiro atoms. The monoisotopic (exact) mass is 183 g/mol. The molecular weight excluding hydrogens is 173 g/mol. The van der Waals surface area contributed by atoms with Crippen molar-refractivity contribution in [3.05, 3.63) is 29.6 Å². The van der Waals surface area contributed by atoms with E-state index in [1.165, 1.54) is 12.1 Å². The Hall–Kier alpha value is -1.58. The summed E-state index contributed by atoms with van der Waals surface area (Å²) in [5, 5.41) is 0. The molecule has 1 amide bonds. The molecule has 13 heavy (non-hydrogen) atoms. The lowest BCUT2D eigenvalue weighted by molar-refractivity contribution is 0.208. The Kier molecular flexibility index (Phi) is 2.84. The third kappa shape index (κ3) is 2.43.